The van der Waals surface area contributed by atoms with Gasteiger partial charge in [0.15, 0.2) is 5.82 Å². The van der Waals surface area contributed by atoms with E-state index in [0.29, 0.717) is 17.2 Å². The molecule has 148 valence electrons. The Kier molecular flexibility index (Phi) is 4.55. The number of methoxy groups -OCH3 is 1. The van der Waals surface area contributed by atoms with Crippen LogP contribution in [0.1, 0.15) is 31.7 Å². The van der Waals surface area contributed by atoms with Crippen molar-refractivity contribution < 1.29 is 9.13 Å². The van der Waals surface area contributed by atoms with Gasteiger partial charge in [0.1, 0.15) is 29.8 Å². The molecule has 2 atom stereocenters. The fraction of sp³-hybridized carbons (Fsp3) is 0.333. The number of benzene rings is 1. The molecule has 0 aliphatic heterocycles. The molecule has 3 aromatic heterocycles. The van der Waals surface area contributed by atoms with Crippen LogP contribution in [0.5, 0.6) is 0 Å². The molecule has 0 amide bonds. The highest BCUT2D eigenvalue weighted by Crippen LogP contribution is 2.37. The van der Waals surface area contributed by atoms with Gasteiger partial charge in [0.05, 0.1) is 23.4 Å². The van der Waals surface area contributed by atoms with Crippen molar-refractivity contribution in [2.75, 3.05) is 7.11 Å². The van der Waals surface area contributed by atoms with Gasteiger partial charge in [-0.1, -0.05) is 12.1 Å². The van der Waals surface area contributed by atoms with Crippen LogP contribution in [0.3, 0.4) is 0 Å². The third kappa shape index (κ3) is 3.19. The number of fused-ring (bicyclic) bond motifs is 1. The Balaban J connectivity index is 1.72. The summed E-state index contributed by atoms with van der Waals surface area (Å²) in [5.41, 5.74) is 2.13. The first-order valence-corrected chi connectivity index (χ1v) is 9.75. The van der Waals surface area contributed by atoms with E-state index in [1.165, 1.54) is 12.4 Å². The van der Waals surface area contributed by atoms with Crippen LogP contribution < -0.4 is 0 Å². The zero-order valence-corrected chi connectivity index (χ0v) is 16.1. The van der Waals surface area contributed by atoms with Crippen LogP contribution in [0.15, 0.2) is 49.2 Å². The van der Waals surface area contributed by atoms with E-state index in [-0.39, 0.29) is 18.0 Å². The molecule has 0 unspecified atom stereocenters. The summed E-state index contributed by atoms with van der Waals surface area (Å²) in [5, 5.41) is 4.17. The lowest BCUT2D eigenvalue weighted by molar-refractivity contribution is 0.0540. The summed E-state index contributed by atoms with van der Waals surface area (Å²) in [6.07, 6.45) is 8.94. The second-order valence-electron chi connectivity index (χ2n) is 7.33. The summed E-state index contributed by atoms with van der Waals surface area (Å²) in [6, 6.07) is 8.88. The molecule has 7 nitrogen and oxygen atoms in total. The van der Waals surface area contributed by atoms with Crippen LogP contribution in [0, 0.1) is 5.82 Å². The van der Waals surface area contributed by atoms with E-state index in [0.717, 1.165) is 36.7 Å². The third-order valence-corrected chi connectivity index (χ3v) is 5.63. The summed E-state index contributed by atoms with van der Waals surface area (Å²) in [4.78, 5) is 13.2. The van der Waals surface area contributed by atoms with Gasteiger partial charge in [-0.3, -0.25) is 0 Å². The number of imidazole rings is 1. The molecule has 8 heteroatoms. The molecule has 1 aliphatic rings. The molecular formula is C21H21FN6O. The SMILES string of the molecule is CO[C@@H]1CCC[C@@H](n2c(-c3ccccc3F)nc3cnc(-n4cncn4)cc32)C1. The molecule has 0 N–H and O–H groups in total. The van der Waals surface area contributed by atoms with Crippen molar-refractivity contribution in [1.29, 1.82) is 0 Å². The van der Waals surface area contributed by atoms with Gasteiger partial charge in [0.2, 0.25) is 0 Å². The standard InChI is InChI=1S/C21H21FN6O/c1-29-15-6-4-5-14(9-15)28-19-10-20(27-13-23-12-25-27)24-11-18(19)26-21(28)16-7-2-3-8-17(16)22/h2-3,7-8,10-15H,4-6,9H2,1H3/t14-,15-/m1/s1. The topological polar surface area (TPSA) is 70.7 Å². The van der Waals surface area contributed by atoms with E-state index in [4.69, 9.17) is 9.72 Å². The van der Waals surface area contributed by atoms with Crippen molar-refractivity contribution in [2.24, 2.45) is 0 Å². The van der Waals surface area contributed by atoms with Crippen molar-refractivity contribution in [2.45, 2.75) is 37.8 Å². The second-order valence-corrected chi connectivity index (χ2v) is 7.33. The van der Waals surface area contributed by atoms with Gasteiger partial charge in [-0.2, -0.15) is 5.10 Å². The normalized spacial score (nSPS) is 19.7. The summed E-state index contributed by atoms with van der Waals surface area (Å²) in [5.74, 6) is 0.986. The largest absolute Gasteiger partial charge is 0.381 e. The van der Waals surface area contributed by atoms with Gasteiger partial charge >= 0.3 is 0 Å². The number of ether oxygens (including phenoxy) is 1. The van der Waals surface area contributed by atoms with Crippen molar-refractivity contribution in [3.05, 3.63) is 55.0 Å². The van der Waals surface area contributed by atoms with Crippen LogP contribution in [0.4, 0.5) is 4.39 Å². The predicted octanol–water partition coefficient (Wildman–Crippen LogP) is 3.95. The van der Waals surface area contributed by atoms with Gasteiger partial charge in [0.25, 0.3) is 0 Å². The van der Waals surface area contributed by atoms with Crippen molar-refractivity contribution in [3.63, 3.8) is 0 Å². The molecule has 1 saturated carbocycles. The van der Waals surface area contributed by atoms with E-state index in [1.54, 1.807) is 36.4 Å². The highest BCUT2D eigenvalue weighted by molar-refractivity contribution is 5.81. The maximum atomic E-state index is 14.7. The average Bonchev–Trinajstić information content (AvgIpc) is 3.41. The summed E-state index contributed by atoms with van der Waals surface area (Å²) in [7, 11) is 1.75. The quantitative estimate of drug-likeness (QED) is 0.526. The van der Waals surface area contributed by atoms with Crippen molar-refractivity contribution in [1.82, 2.24) is 29.3 Å². The van der Waals surface area contributed by atoms with Crippen molar-refractivity contribution in [3.8, 4) is 17.2 Å². The number of aromatic nitrogens is 6. The molecule has 0 bridgehead atoms. The highest BCUT2D eigenvalue weighted by Gasteiger charge is 2.28. The summed E-state index contributed by atoms with van der Waals surface area (Å²) < 4.78 is 24.1. The Labute approximate surface area is 167 Å². The minimum absolute atomic E-state index is 0.166. The Morgan fingerprint density at radius 1 is 1.21 bits per heavy atom. The van der Waals surface area contributed by atoms with Crippen molar-refractivity contribution >= 4 is 11.0 Å². The van der Waals surface area contributed by atoms with E-state index in [9.17, 15) is 4.39 Å². The number of rotatable bonds is 4. The number of hydrogen-bond acceptors (Lipinski definition) is 5. The number of halogens is 1. The molecule has 0 spiro atoms. The Morgan fingerprint density at radius 2 is 2.10 bits per heavy atom. The van der Waals surface area contributed by atoms with Crippen LogP contribution in [-0.4, -0.2) is 42.5 Å². The molecule has 5 rings (SSSR count). The second kappa shape index (κ2) is 7.36. The minimum atomic E-state index is -0.285. The average molecular weight is 392 g/mol. The zero-order chi connectivity index (χ0) is 19.8. The molecular weight excluding hydrogens is 371 g/mol. The van der Waals surface area contributed by atoms with Gasteiger partial charge < -0.3 is 9.30 Å². The van der Waals surface area contributed by atoms with E-state index in [2.05, 4.69) is 19.6 Å². The van der Waals surface area contributed by atoms with Gasteiger partial charge in [-0.15, -0.1) is 0 Å². The van der Waals surface area contributed by atoms with Crippen LogP contribution in [0.25, 0.3) is 28.2 Å². The Hall–Kier alpha value is -3.13. The summed E-state index contributed by atoms with van der Waals surface area (Å²) in [6.45, 7) is 0. The lowest BCUT2D eigenvalue weighted by Crippen LogP contribution is -2.24. The maximum Gasteiger partial charge on any atom is 0.157 e. The monoisotopic (exact) mass is 392 g/mol. The zero-order valence-electron chi connectivity index (χ0n) is 16.1. The minimum Gasteiger partial charge on any atom is -0.381 e. The number of pyridine rings is 1. The van der Waals surface area contributed by atoms with Crippen LogP contribution in [-0.2, 0) is 4.74 Å². The first-order chi connectivity index (χ1) is 14.2. The van der Waals surface area contributed by atoms with Gasteiger partial charge in [-0.05, 0) is 37.8 Å². The maximum absolute atomic E-state index is 14.7. The molecule has 3 heterocycles. The van der Waals surface area contributed by atoms with Crippen LogP contribution >= 0.6 is 0 Å². The van der Waals surface area contributed by atoms with E-state index in [1.807, 2.05) is 12.1 Å². The first-order valence-electron chi connectivity index (χ1n) is 9.75. The van der Waals surface area contributed by atoms with Gasteiger partial charge in [-0.25, -0.2) is 24.0 Å². The fourth-order valence-electron chi connectivity index (χ4n) is 4.21. The lowest BCUT2D eigenvalue weighted by atomic mass is 9.92. The molecule has 1 aliphatic carbocycles. The predicted molar refractivity (Wildman–Crippen MR) is 106 cm³/mol. The molecule has 0 radical (unpaired) electrons. The third-order valence-electron chi connectivity index (χ3n) is 5.63. The summed E-state index contributed by atoms with van der Waals surface area (Å²) >= 11 is 0. The Morgan fingerprint density at radius 3 is 2.90 bits per heavy atom. The lowest BCUT2D eigenvalue weighted by Gasteiger charge is -2.30. The molecule has 1 fully saturated rings. The first kappa shape index (κ1) is 17.9. The van der Waals surface area contributed by atoms with Crippen LogP contribution in [0.2, 0.25) is 0 Å². The molecule has 29 heavy (non-hydrogen) atoms. The molecule has 1 aromatic carbocycles. The highest BCUT2D eigenvalue weighted by atomic mass is 19.1. The molecule has 4 aromatic rings. The fourth-order valence-corrected chi connectivity index (χ4v) is 4.21. The van der Waals surface area contributed by atoms with Gasteiger partial charge in [0, 0.05) is 19.2 Å². The Bertz CT molecular complexity index is 1140. The smallest absolute Gasteiger partial charge is 0.157 e. The number of nitrogens with zero attached hydrogens (tertiary/aromatic N) is 6. The molecule has 0 saturated heterocycles. The number of hydrogen-bond donors (Lipinski definition) is 0. The van der Waals surface area contributed by atoms with E-state index >= 15 is 0 Å². The van der Waals surface area contributed by atoms with E-state index < -0.39 is 0 Å².